The van der Waals surface area contributed by atoms with Crippen LogP contribution in [0.25, 0.3) is 0 Å². The van der Waals surface area contributed by atoms with Crippen LogP contribution in [0.5, 0.6) is 11.5 Å². The lowest BCUT2D eigenvalue weighted by atomic mass is 9.90. The molecule has 4 rings (SSSR count). The van der Waals surface area contributed by atoms with Crippen molar-refractivity contribution in [2.24, 2.45) is 0 Å². The molecule has 1 fully saturated rings. The number of rotatable bonds is 10. The largest absolute Gasteiger partial charge is 0.494 e. The molecule has 34 heavy (non-hydrogen) atoms. The van der Waals surface area contributed by atoms with E-state index < -0.39 is 11.7 Å². The molecule has 2 aromatic carbocycles. The van der Waals surface area contributed by atoms with E-state index in [1.165, 1.54) is 0 Å². The quantitative estimate of drug-likeness (QED) is 0.426. The number of aromatic nitrogens is 2. The minimum absolute atomic E-state index is 0.0345. The molecule has 3 aromatic rings. The molecule has 0 spiro atoms. The van der Waals surface area contributed by atoms with Crippen LogP contribution in [0.3, 0.4) is 0 Å². The molecular formula is C26H32ClN3O4. The molecule has 0 unspecified atom stereocenters. The van der Waals surface area contributed by atoms with Crippen LogP contribution in [-0.2, 0) is 13.1 Å². The van der Waals surface area contributed by atoms with Crippen molar-refractivity contribution in [3.8, 4) is 11.5 Å². The van der Waals surface area contributed by atoms with E-state index in [0.717, 1.165) is 29.8 Å². The van der Waals surface area contributed by atoms with Crippen molar-refractivity contribution in [1.82, 2.24) is 14.7 Å². The molecule has 1 aliphatic heterocycles. The first kappa shape index (κ1) is 24.5. The van der Waals surface area contributed by atoms with Crippen LogP contribution in [0.1, 0.15) is 24.0 Å². The molecule has 182 valence electrons. The number of piperidine rings is 1. The highest BCUT2D eigenvalue weighted by molar-refractivity contribution is 6.32. The number of β-amino-alcohol motifs (C(OH)–C–C–N with tert-alkyl or cyclic N) is 1. The molecule has 1 aliphatic rings. The molecule has 0 radical (unpaired) electrons. The second-order valence-corrected chi connectivity index (χ2v) is 9.37. The first-order chi connectivity index (χ1) is 16.4. The standard InChI is InChI=1S/C26H32ClN3O4/c1-20-7-8-23(27)24(15-20)34-19-26(32)18-29(13-9-25(26)31)17-21-5-2-6-22(16-21)33-14-4-12-30-11-3-10-28-30/h2-3,5-8,10-11,15-16,25,31-32H,4,9,12-14,17-19H2,1H3/t25-,26-/m0/s1. The lowest BCUT2D eigenvalue weighted by Gasteiger charge is -2.42. The summed E-state index contributed by atoms with van der Waals surface area (Å²) in [5, 5.41) is 26.4. The van der Waals surface area contributed by atoms with Crippen molar-refractivity contribution in [1.29, 1.82) is 0 Å². The Morgan fingerprint density at radius 1 is 1.18 bits per heavy atom. The van der Waals surface area contributed by atoms with Crippen molar-refractivity contribution < 1.29 is 19.7 Å². The Bertz CT molecular complexity index is 1060. The van der Waals surface area contributed by atoms with Crippen LogP contribution in [0.2, 0.25) is 5.02 Å². The van der Waals surface area contributed by atoms with Crippen LogP contribution in [0, 0.1) is 6.92 Å². The van der Waals surface area contributed by atoms with Crippen LogP contribution < -0.4 is 9.47 Å². The van der Waals surface area contributed by atoms with Gasteiger partial charge in [0.25, 0.3) is 0 Å². The number of benzene rings is 2. The van der Waals surface area contributed by atoms with Crippen LogP contribution in [0.4, 0.5) is 0 Å². The van der Waals surface area contributed by atoms with Crippen molar-refractivity contribution in [3.05, 3.63) is 77.1 Å². The fraction of sp³-hybridized carbons (Fsp3) is 0.423. The van der Waals surface area contributed by atoms with Gasteiger partial charge in [-0.3, -0.25) is 9.58 Å². The molecule has 2 atom stereocenters. The summed E-state index contributed by atoms with van der Waals surface area (Å²) in [7, 11) is 0. The molecule has 0 amide bonds. The second-order valence-electron chi connectivity index (χ2n) is 8.96. The number of likely N-dealkylation sites (tertiary alicyclic amines) is 1. The number of hydrogen-bond acceptors (Lipinski definition) is 6. The molecule has 1 aromatic heterocycles. The van der Waals surface area contributed by atoms with Gasteiger partial charge in [0.15, 0.2) is 0 Å². The smallest absolute Gasteiger partial charge is 0.138 e. The molecule has 0 bridgehead atoms. The maximum Gasteiger partial charge on any atom is 0.138 e. The van der Waals surface area contributed by atoms with Gasteiger partial charge in [0, 0.05) is 45.0 Å². The van der Waals surface area contributed by atoms with Crippen molar-refractivity contribution in [2.45, 2.75) is 44.6 Å². The third-order valence-electron chi connectivity index (χ3n) is 6.06. The first-order valence-corrected chi connectivity index (χ1v) is 12.0. The zero-order chi connectivity index (χ0) is 24.0. The van der Waals surface area contributed by atoms with Gasteiger partial charge in [-0.2, -0.15) is 5.10 Å². The fourth-order valence-corrected chi connectivity index (χ4v) is 4.36. The summed E-state index contributed by atoms with van der Waals surface area (Å²) in [4.78, 5) is 2.13. The highest BCUT2D eigenvalue weighted by atomic mass is 35.5. The SMILES string of the molecule is Cc1ccc(Cl)c(OC[C@@]2(O)CN(Cc3cccc(OCCCn4cccn4)c3)CC[C@@H]2O)c1. The topological polar surface area (TPSA) is 80.0 Å². The van der Waals surface area contributed by atoms with E-state index in [-0.39, 0.29) is 6.61 Å². The van der Waals surface area contributed by atoms with Crippen LogP contribution >= 0.6 is 11.6 Å². The lowest BCUT2D eigenvalue weighted by Crippen LogP contribution is -2.59. The minimum atomic E-state index is -1.38. The Morgan fingerprint density at radius 3 is 2.88 bits per heavy atom. The van der Waals surface area contributed by atoms with Crippen molar-refractivity contribution in [2.75, 3.05) is 26.3 Å². The first-order valence-electron chi connectivity index (χ1n) is 11.6. The number of aryl methyl sites for hydroxylation is 2. The van der Waals surface area contributed by atoms with Crippen LogP contribution in [0.15, 0.2) is 60.9 Å². The van der Waals surface area contributed by atoms with Gasteiger partial charge < -0.3 is 19.7 Å². The Balaban J connectivity index is 1.31. The summed E-state index contributed by atoms with van der Waals surface area (Å²) in [6, 6.07) is 15.4. The maximum atomic E-state index is 11.2. The monoisotopic (exact) mass is 485 g/mol. The van der Waals surface area contributed by atoms with E-state index in [0.29, 0.717) is 43.4 Å². The van der Waals surface area contributed by atoms with Gasteiger partial charge in [0.2, 0.25) is 0 Å². The third kappa shape index (κ3) is 6.51. The van der Waals surface area contributed by atoms with Gasteiger partial charge in [-0.25, -0.2) is 0 Å². The summed E-state index contributed by atoms with van der Waals surface area (Å²) >= 11 is 6.22. The van der Waals surface area contributed by atoms with E-state index in [1.807, 2.05) is 60.3 Å². The second kappa shape index (κ2) is 11.2. The zero-order valence-corrected chi connectivity index (χ0v) is 20.2. The molecule has 8 heteroatoms. The van der Waals surface area contributed by atoms with Gasteiger partial charge in [-0.05, 0) is 54.8 Å². The Kier molecular flexibility index (Phi) is 8.11. The van der Waals surface area contributed by atoms with Gasteiger partial charge in [0.05, 0.1) is 17.7 Å². The molecule has 0 saturated carbocycles. The normalized spacial score (nSPS) is 20.9. The summed E-state index contributed by atoms with van der Waals surface area (Å²) < 4.78 is 13.6. The minimum Gasteiger partial charge on any atom is -0.494 e. The lowest BCUT2D eigenvalue weighted by molar-refractivity contribution is -0.140. The Labute approximate surface area is 205 Å². The summed E-state index contributed by atoms with van der Waals surface area (Å²) in [6.45, 7) is 4.97. The highest BCUT2D eigenvalue weighted by Gasteiger charge is 2.42. The molecule has 0 aliphatic carbocycles. The van der Waals surface area contributed by atoms with Crippen molar-refractivity contribution in [3.63, 3.8) is 0 Å². The number of halogens is 1. The molecule has 2 N–H and O–H groups in total. The van der Waals surface area contributed by atoms with E-state index in [2.05, 4.69) is 10.00 Å². The number of nitrogens with zero attached hydrogens (tertiary/aromatic N) is 3. The summed E-state index contributed by atoms with van der Waals surface area (Å²) in [5.41, 5.74) is 0.720. The number of aliphatic hydroxyl groups is 2. The Hall–Kier alpha value is -2.58. The van der Waals surface area contributed by atoms with Crippen molar-refractivity contribution >= 4 is 11.6 Å². The van der Waals surface area contributed by atoms with Crippen LogP contribution in [-0.4, -0.2) is 62.9 Å². The van der Waals surface area contributed by atoms with Gasteiger partial charge in [-0.1, -0.05) is 29.8 Å². The van der Waals surface area contributed by atoms with Gasteiger partial charge >= 0.3 is 0 Å². The highest BCUT2D eigenvalue weighted by Crippen LogP contribution is 2.29. The molecular weight excluding hydrogens is 454 g/mol. The summed E-state index contributed by atoms with van der Waals surface area (Å²) in [5.74, 6) is 1.33. The number of ether oxygens (including phenoxy) is 2. The fourth-order valence-electron chi connectivity index (χ4n) is 4.19. The molecule has 1 saturated heterocycles. The third-order valence-corrected chi connectivity index (χ3v) is 6.38. The Morgan fingerprint density at radius 2 is 2.06 bits per heavy atom. The van der Waals surface area contributed by atoms with Gasteiger partial charge in [0.1, 0.15) is 23.7 Å². The molecule has 2 heterocycles. The average molecular weight is 486 g/mol. The van der Waals surface area contributed by atoms with E-state index in [9.17, 15) is 10.2 Å². The predicted octanol–water partition coefficient (Wildman–Crippen LogP) is 3.69. The predicted molar refractivity (Wildman–Crippen MR) is 131 cm³/mol. The van der Waals surface area contributed by atoms with E-state index in [4.69, 9.17) is 21.1 Å². The molecule has 7 nitrogen and oxygen atoms in total. The average Bonchev–Trinajstić information content (AvgIpc) is 3.34. The zero-order valence-electron chi connectivity index (χ0n) is 19.4. The van der Waals surface area contributed by atoms with Gasteiger partial charge in [-0.15, -0.1) is 0 Å². The summed E-state index contributed by atoms with van der Waals surface area (Å²) in [6.07, 6.45) is 4.18. The maximum absolute atomic E-state index is 11.2. The van der Waals surface area contributed by atoms with E-state index >= 15 is 0 Å². The number of hydrogen-bond donors (Lipinski definition) is 2. The van der Waals surface area contributed by atoms with E-state index in [1.54, 1.807) is 12.3 Å². The number of aliphatic hydroxyl groups excluding tert-OH is 1.